The predicted octanol–water partition coefficient (Wildman–Crippen LogP) is 4.15. The lowest BCUT2D eigenvalue weighted by Gasteiger charge is -2.10. The van der Waals surface area contributed by atoms with Crippen LogP contribution in [0, 0.1) is 0 Å². The lowest BCUT2D eigenvalue weighted by atomic mass is 10.1. The fourth-order valence-corrected chi connectivity index (χ4v) is 3.31. The third-order valence-electron chi connectivity index (χ3n) is 2.39. The fourth-order valence-electron chi connectivity index (χ4n) is 1.56. The average molecular weight is 344 g/mol. The zero-order valence-corrected chi connectivity index (χ0v) is 12.7. The Morgan fingerprint density at radius 2 is 2.11 bits per heavy atom. The maximum Gasteiger partial charge on any atom is 0.115 e. The van der Waals surface area contributed by atoms with Gasteiger partial charge in [-0.25, -0.2) is 4.98 Å². The summed E-state index contributed by atoms with van der Waals surface area (Å²) in [6, 6.07) is 9.75. The van der Waals surface area contributed by atoms with E-state index < -0.39 is 0 Å². The summed E-state index contributed by atoms with van der Waals surface area (Å²) in [6.07, 6.45) is 2.58. The van der Waals surface area contributed by atoms with Crippen molar-refractivity contribution >= 4 is 39.3 Å². The third kappa shape index (κ3) is 3.26. The minimum atomic E-state index is 0.608. The highest BCUT2D eigenvalue weighted by Gasteiger charge is 2.11. The monoisotopic (exact) mass is 342 g/mol. The molecule has 2 aromatic rings. The fraction of sp³-hybridized carbons (Fsp3) is 0.154. The van der Waals surface area contributed by atoms with Crippen molar-refractivity contribution in [1.29, 1.82) is 0 Å². The highest BCUT2D eigenvalue weighted by Crippen LogP contribution is 2.38. The lowest BCUT2D eigenvalue weighted by molar-refractivity contribution is 0.943. The standard InChI is InChI=1S/C13H12BrClN2S/c14-10-4-2-8-17-13(10)18-12-9(6-7-16)3-1-5-11(12)15/h1-5,8H,6-7,16H2. The van der Waals surface area contributed by atoms with Crippen LogP contribution < -0.4 is 5.73 Å². The van der Waals surface area contributed by atoms with E-state index in [-0.39, 0.29) is 0 Å². The number of aromatic nitrogens is 1. The molecule has 0 aliphatic rings. The van der Waals surface area contributed by atoms with Crippen molar-refractivity contribution in [3.05, 3.63) is 51.6 Å². The molecule has 0 atom stereocenters. The molecule has 18 heavy (non-hydrogen) atoms. The smallest absolute Gasteiger partial charge is 0.115 e. The van der Waals surface area contributed by atoms with Crippen LogP contribution in [0.4, 0.5) is 0 Å². The van der Waals surface area contributed by atoms with Crippen molar-refractivity contribution in [2.45, 2.75) is 16.3 Å². The van der Waals surface area contributed by atoms with Crippen LogP contribution in [-0.2, 0) is 6.42 Å². The van der Waals surface area contributed by atoms with Crippen LogP contribution in [0.2, 0.25) is 5.02 Å². The van der Waals surface area contributed by atoms with E-state index in [0.29, 0.717) is 6.54 Å². The number of pyridine rings is 1. The van der Waals surface area contributed by atoms with E-state index >= 15 is 0 Å². The summed E-state index contributed by atoms with van der Waals surface area (Å²) in [5.41, 5.74) is 6.79. The molecule has 94 valence electrons. The van der Waals surface area contributed by atoms with Gasteiger partial charge in [-0.1, -0.05) is 35.5 Å². The van der Waals surface area contributed by atoms with Gasteiger partial charge < -0.3 is 5.73 Å². The first-order valence-corrected chi connectivity index (χ1v) is 7.47. The Labute approximate surface area is 124 Å². The molecule has 0 unspecified atom stereocenters. The van der Waals surface area contributed by atoms with E-state index in [9.17, 15) is 0 Å². The first kappa shape index (κ1) is 13.9. The van der Waals surface area contributed by atoms with Crippen molar-refractivity contribution in [1.82, 2.24) is 4.98 Å². The molecular formula is C13H12BrClN2S. The summed E-state index contributed by atoms with van der Waals surface area (Å²) in [4.78, 5) is 5.37. The molecule has 2 rings (SSSR count). The number of hydrogen-bond acceptors (Lipinski definition) is 3. The largest absolute Gasteiger partial charge is 0.330 e. The van der Waals surface area contributed by atoms with Crippen LogP contribution in [0.15, 0.2) is 50.9 Å². The Kier molecular flexibility index (Phi) is 5.06. The molecule has 2 nitrogen and oxygen atoms in total. The molecular weight excluding hydrogens is 332 g/mol. The van der Waals surface area contributed by atoms with Crippen LogP contribution in [-0.4, -0.2) is 11.5 Å². The highest BCUT2D eigenvalue weighted by atomic mass is 79.9. The van der Waals surface area contributed by atoms with Crippen molar-refractivity contribution < 1.29 is 0 Å². The van der Waals surface area contributed by atoms with Gasteiger partial charge in [0.05, 0.1) is 9.50 Å². The molecule has 0 saturated heterocycles. The highest BCUT2D eigenvalue weighted by molar-refractivity contribution is 9.10. The van der Waals surface area contributed by atoms with Gasteiger partial charge in [-0.15, -0.1) is 0 Å². The van der Waals surface area contributed by atoms with Crippen LogP contribution in [0.5, 0.6) is 0 Å². The molecule has 1 aromatic carbocycles. The quantitative estimate of drug-likeness (QED) is 0.906. The first-order chi connectivity index (χ1) is 8.72. The van der Waals surface area contributed by atoms with E-state index in [1.54, 1.807) is 18.0 Å². The predicted molar refractivity (Wildman–Crippen MR) is 80.3 cm³/mol. The minimum absolute atomic E-state index is 0.608. The van der Waals surface area contributed by atoms with Crippen molar-refractivity contribution in [3.8, 4) is 0 Å². The SMILES string of the molecule is NCCc1cccc(Cl)c1Sc1ncccc1Br. The van der Waals surface area contributed by atoms with Crippen molar-refractivity contribution in [2.75, 3.05) is 6.54 Å². The molecule has 0 saturated carbocycles. The molecule has 0 spiro atoms. The lowest BCUT2D eigenvalue weighted by Crippen LogP contribution is -2.03. The maximum absolute atomic E-state index is 6.26. The molecule has 5 heteroatoms. The van der Waals surface area contributed by atoms with E-state index in [4.69, 9.17) is 17.3 Å². The Balaban J connectivity index is 2.36. The van der Waals surface area contributed by atoms with Crippen molar-refractivity contribution in [2.24, 2.45) is 5.73 Å². The second-order valence-corrected chi connectivity index (χ2v) is 5.92. The molecule has 2 N–H and O–H groups in total. The Morgan fingerprint density at radius 3 is 2.83 bits per heavy atom. The number of rotatable bonds is 4. The first-order valence-electron chi connectivity index (χ1n) is 5.48. The van der Waals surface area contributed by atoms with Gasteiger partial charge in [0.15, 0.2) is 0 Å². The summed E-state index contributed by atoms with van der Waals surface area (Å²) in [6.45, 7) is 0.608. The molecule has 0 aliphatic heterocycles. The van der Waals surface area contributed by atoms with Crippen LogP contribution >= 0.6 is 39.3 Å². The molecule has 1 aromatic heterocycles. The summed E-state index contributed by atoms with van der Waals surface area (Å²) >= 11 is 11.3. The van der Waals surface area contributed by atoms with Gasteiger partial charge in [-0.05, 0) is 52.7 Å². The van der Waals surface area contributed by atoms with Gasteiger partial charge in [-0.3, -0.25) is 0 Å². The second-order valence-electron chi connectivity index (χ2n) is 3.66. The van der Waals surface area contributed by atoms with E-state index in [1.807, 2.05) is 24.3 Å². The van der Waals surface area contributed by atoms with Gasteiger partial charge in [0.25, 0.3) is 0 Å². The van der Waals surface area contributed by atoms with Crippen LogP contribution in [0.25, 0.3) is 0 Å². The number of halogens is 2. The number of hydrogen-bond donors (Lipinski definition) is 1. The number of nitrogens with zero attached hydrogens (tertiary/aromatic N) is 1. The van der Waals surface area contributed by atoms with Gasteiger partial charge in [0.1, 0.15) is 5.03 Å². The molecule has 0 aliphatic carbocycles. The van der Waals surface area contributed by atoms with Gasteiger partial charge in [0.2, 0.25) is 0 Å². The second kappa shape index (κ2) is 6.57. The molecule has 1 heterocycles. The van der Waals surface area contributed by atoms with Gasteiger partial charge in [-0.2, -0.15) is 0 Å². The summed E-state index contributed by atoms with van der Waals surface area (Å²) in [5, 5.41) is 1.65. The third-order valence-corrected chi connectivity index (χ3v) is 4.92. The number of nitrogens with two attached hydrogens (primary N) is 1. The van der Waals surface area contributed by atoms with E-state index in [0.717, 1.165) is 31.4 Å². The normalized spacial score (nSPS) is 10.6. The molecule has 0 amide bonds. The van der Waals surface area contributed by atoms with Crippen molar-refractivity contribution in [3.63, 3.8) is 0 Å². The zero-order chi connectivity index (χ0) is 13.0. The van der Waals surface area contributed by atoms with Crippen LogP contribution in [0.1, 0.15) is 5.56 Å². The van der Waals surface area contributed by atoms with Gasteiger partial charge in [0, 0.05) is 11.1 Å². The Bertz CT molecular complexity index is 548. The summed E-state index contributed by atoms with van der Waals surface area (Å²) in [5.74, 6) is 0. The van der Waals surface area contributed by atoms with Crippen LogP contribution in [0.3, 0.4) is 0 Å². The average Bonchev–Trinajstić information content (AvgIpc) is 2.36. The van der Waals surface area contributed by atoms with E-state index in [1.165, 1.54) is 0 Å². The summed E-state index contributed by atoms with van der Waals surface area (Å²) in [7, 11) is 0. The minimum Gasteiger partial charge on any atom is -0.330 e. The summed E-state index contributed by atoms with van der Waals surface area (Å²) < 4.78 is 0.966. The topological polar surface area (TPSA) is 38.9 Å². The van der Waals surface area contributed by atoms with E-state index in [2.05, 4.69) is 27.0 Å². The molecule has 0 radical (unpaired) electrons. The number of benzene rings is 1. The maximum atomic E-state index is 6.26. The molecule has 0 bridgehead atoms. The molecule has 0 fully saturated rings. The zero-order valence-electron chi connectivity index (χ0n) is 9.57. The van der Waals surface area contributed by atoms with Gasteiger partial charge >= 0.3 is 0 Å². The Hall–Kier alpha value is -0.550. The Morgan fingerprint density at radius 1 is 1.28 bits per heavy atom.